The van der Waals surface area contributed by atoms with E-state index in [4.69, 9.17) is 0 Å². The topological polar surface area (TPSA) is 35.5 Å². The number of β-amino-alcohol motifs (C(OH)–C–C–N with tert-alkyl or cyclic N) is 1. The van der Waals surface area contributed by atoms with Crippen molar-refractivity contribution in [1.82, 2.24) is 10.2 Å². The maximum absolute atomic E-state index is 9.77. The van der Waals surface area contributed by atoms with E-state index in [1.807, 2.05) is 0 Å². The molecule has 3 nitrogen and oxygen atoms in total. The molecule has 2 fully saturated rings. The maximum atomic E-state index is 9.77. The smallest absolute Gasteiger partial charge is 0.0832 e. The fourth-order valence-corrected chi connectivity index (χ4v) is 3.12. The third-order valence-electron chi connectivity index (χ3n) is 3.48. The van der Waals surface area contributed by atoms with Crippen molar-refractivity contribution < 1.29 is 5.11 Å². The van der Waals surface area contributed by atoms with E-state index in [0.29, 0.717) is 12.1 Å². The zero-order chi connectivity index (χ0) is 9.64. The third-order valence-corrected chi connectivity index (χ3v) is 3.48. The van der Waals surface area contributed by atoms with Crippen molar-refractivity contribution in [2.75, 3.05) is 13.1 Å². The van der Waals surface area contributed by atoms with Crippen LogP contribution in [0.25, 0.3) is 0 Å². The van der Waals surface area contributed by atoms with Gasteiger partial charge in [0.2, 0.25) is 0 Å². The number of nitrogens with one attached hydrogen (secondary N) is 1. The lowest BCUT2D eigenvalue weighted by atomic mass is 9.80. The Morgan fingerprint density at radius 3 is 2.46 bits per heavy atom. The molecule has 0 radical (unpaired) electrons. The fourth-order valence-electron chi connectivity index (χ4n) is 3.12. The molecule has 0 aromatic heterocycles. The molecule has 76 valence electrons. The molecule has 3 heteroatoms. The summed E-state index contributed by atoms with van der Waals surface area (Å²) in [6.07, 6.45) is 1.07. The molecular weight excluding hydrogens is 164 g/mol. The predicted molar refractivity (Wildman–Crippen MR) is 52.7 cm³/mol. The maximum Gasteiger partial charge on any atom is 0.0832 e. The minimum atomic E-state index is -0.179. The fraction of sp³-hybridized carbons (Fsp3) is 1.00. The van der Waals surface area contributed by atoms with Crippen LogP contribution in [-0.4, -0.2) is 46.8 Å². The highest BCUT2D eigenvalue weighted by Gasteiger charge is 2.48. The van der Waals surface area contributed by atoms with E-state index in [9.17, 15) is 5.11 Å². The predicted octanol–water partition coefficient (Wildman–Crippen LogP) is 0.192. The summed E-state index contributed by atoms with van der Waals surface area (Å²) in [6, 6.07) is 0.966. The Morgan fingerprint density at radius 2 is 2.08 bits per heavy atom. The van der Waals surface area contributed by atoms with Gasteiger partial charge < -0.3 is 10.4 Å². The van der Waals surface area contributed by atoms with Crippen LogP contribution in [0.15, 0.2) is 0 Å². The van der Waals surface area contributed by atoms with Crippen molar-refractivity contribution in [3.05, 3.63) is 0 Å². The Balaban J connectivity index is 2.07. The van der Waals surface area contributed by atoms with Gasteiger partial charge in [0.1, 0.15) is 0 Å². The van der Waals surface area contributed by atoms with Crippen molar-refractivity contribution in [2.24, 2.45) is 0 Å². The van der Waals surface area contributed by atoms with Gasteiger partial charge in [-0.1, -0.05) is 0 Å². The first-order valence-electron chi connectivity index (χ1n) is 5.19. The van der Waals surface area contributed by atoms with Gasteiger partial charge in [-0.15, -0.1) is 0 Å². The minimum absolute atomic E-state index is 0.179. The molecule has 0 amide bonds. The van der Waals surface area contributed by atoms with Gasteiger partial charge in [0.05, 0.1) is 12.1 Å². The summed E-state index contributed by atoms with van der Waals surface area (Å²) in [6.45, 7) is 8.46. The minimum Gasteiger partial charge on any atom is -0.390 e. The Labute approximate surface area is 80.1 Å². The molecule has 2 aliphatic heterocycles. The molecular formula is C10H20N2O. The summed E-state index contributed by atoms with van der Waals surface area (Å²) in [5.74, 6) is 0. The summed E-state index contributed by atoms with van der Waals surface area (Å²) < 4.78 is 0. The molecule has 0 aliphatic carbocycles. The van der Waals surface area contributed by atoms with E-state index < -0.39 is 0 Å². The van der Waals surface area contributed by atoms with E-state index in [-0.39, 0.29) is 11.6 Å². The molecule has 1 unspecified atom stereocenters. The van der Waals surface area contributed by atoms with Crippen molar-refractivity contribution in [2.45, 2.75) is 50.9 Å². The van der Waals surface area contributed by atoms with Crippen molar-refractivity contribution in [3.63, 3.8) is 0 Å². The van der Waals surface area contributed by atoms with Gasteiger partial charge in [-0.2, -0.15) is 0 Å². The second kappa shape index (κ2) is 2.94. The average Bonchev–Trinajstić information content (AvgIpc) is 2.35. The molecule has 3 atom stereocenters. The molecule has 2 rings (SSSR count). The highest BCUT2D eigenvalue weighted by Crippen LogP contribution is 2.38. The number of hydrogen-bond acceptors (Lipinski definition) is 3. The SMILES string of the molecule is CC1CC(C)(C)N1[C@@H]1CNC[C@H]1O. The quantitative estimate of drug-likeness (QED) is 0.611. The molecule has 0 spiro atoms. The van der Waals surface area contributed by atoms with Gasteiger partial charge in [-0.3, -0.25) is 4.90 Å². The van der Waals surface area contributed by atoms with Crippen LogP contribution in [0.1, 0.15) is 27.2 Å². The first-order chi connectivity index (χ1) is 6.02. The molecule has 0 bridgehead atoms. The molecule has 0 aromatic rings. The van der Waals surface area contributed by atoms with Crippen LogP contribution in [-0.2, 0) is 0 Å². The van der Waals surface area contributed by atoms with Gasteiger partial charge in [0.15, 0.2) is 0 Å². The number of likely N-dealkylation sites (tertiary alicyclic amines) is 1. The molecule has 2 saturated heterocycles. The number of aliphatic hydroxyl groups is 1. The summed E-state index contributed by atoms with van der Waals surface area (Å²) in [5.41, 5.74) is 0.289. The number of aliphatic hydroxyl groups excluding tert-OH is 1. The standard InChI is InChI=1S/C10H20N2O/c1-7-4-10(2,3)12(7)8-5-11-6-9(8)13/h7-9,11,13H,4-6H2,1-3H3/t7?,8-,9-/m1/s1. The lowest BCUT2D eigenvalue weighted by Crippen LogP contribution is -2.67. The zero-order valence-corrected chi connectivity index (χ0v) is 8.75. The normalized spacial score (nSPS) is 44.8. The first-order valence-corrected chi connectivity index (χ1v) is 5.19. The summed E-state index contributed by atoms with van der Waals surface area (Å²) in [4.78, 5) is 2.46. The monoisotopic (exact) mass is 184 g/mol. The van der Waals surface area contributed by atoms with Crippen molar-refractivity contribution in [3.8, 4) is 0 Å². The molecule has 0 saturated carbocycles. The number of hydrogen-bond donors (Lipinski definition) is 2. The number of nitrogens with zero attached hydrogens (tertiary/aromatic N) is 1. The molecule has 13 heavy (non-hydrogen) atoms. The van der Waals surface area contributed by atoms with Gasteiger partial charge in [-0.25, -0.2) is 0 Å². The van der Waals surface area contributed by atoms with Crippen LogP contribution in [0.4, 0.5) is 0 Å². The average molecular weight is 184 g/mol. The van der Waals surface area contributed by atoms with Gasteiger partial charge in [0, 0.05) is 24.7 Å². The molecule has 2 aliphatic rings. The Kier molecular flexibility index (Phi) is 2.13. The highest BCUT2D eigenvalue weighted by molar-refractivity contribution is 5.05. The second-order valence-electron chi connectivity index (χ2n) is 5.07. The van der Waals surface area contributed by atoms with Gasteiger partial charge in [-0.05, 0) is 27.2 Å². The van der Waals surface area contributed by atoms with Crippen molar-refractivity contribution >= 4 is 0 Å². The summed E-state index contributed by atoms with van der Waals surface area (Å²) >= 11 is 0. The number of rotatable bonds is 1. The van der Waals surface area contributed by atoms with E-state index in [2.05, 4.69) is 31.0 Å². The third kappa shape index (κ3) is 1.39. The lowest BCUT2D eigenvalue weighted by molar-refractivity contribution is -0.0954. The molecule has 2 N–H and O–H groups in total. The Hall–Kier alpha value is -0.120. The molecule has 0 aromatic carbocycles. The second-order valence-corrected chi connectivity index (χ2v) is 5.07. The molecule has 2 heterocycles. The summed E-state index contributed by atoms with van der Waals surface area (Å²) in [7, 11) is 0. The van der Waals surface area contributed by atoms with E-state index in [1.165, 1.54) is 6.42 Å². The Bertz CT molecular complexity index is 205. The first kappa shape index (κ1) is 9.44. The zero-order valence-electron chi connectivity index (χ0n) is 8.75. The van der Waals surface area contributed by atoms with Crippen LogP contribution in [0, 0.1) is 0 Å². The van der Waals surface area contributed by atoms with Crippen LogP contribution < -0.4 is 5.32 Å². The van der Waals surface area contributed by atoms with E-state index >= 15 is 0 Å². The van der Waals surface area contributed by atoms with Gasteiger partial charge in [0.25, 0.3) is 0 Å². The Morgan fingerprint density at radius 1 is 1.38 bits per heavy atom. The lowest BCUT2D eigenvalue weighted by Gasteiger charge is -2.57. The largest absolute Gasteiger partial charge is 0.390 e. The van der Waals surface area contributed by atoms with Crippen LogP contribution in [0.5, 0.6) is 0 Å². The van der Waals surface area contributed by atoms with Crippen molar-refractivity contribution in [1.29, 1.82) is 0 Å². The van der Waals surface area contributed by atoms with E-state index in [0.717, 1.165) is 13.1 Å². The van der Waals surface area contributed by atoms with Crippen LogP contribution >= 0.6 is 0 Å². The van der Waals surface area contributed by atoms with Gasteiger partial charge >= 0.3 is 0 Å². The van der Waals surface area contributed by atoms with E-state index in [1.54, 1.807) is 0 Å². The van der Waals surface area contributed by atoms with Crippen LogP contribution in [0.2, 0.25) is 0 Å². The highest BCUT2D eigenvalue weighted by atomic mass is 16.3. The summed E-state index contributed by atoms with van der Waals surface area (Å²) in [5, 5.41) is 13.0. The van der Waals surface area contributed by atoms with Crippen LogP contribution in [0.3, 0.4) is 0 Å².